The monoisotopic (exact) mass is 315 g/mol. The predicted octanol–water partition coefficient (Wildman–Crippen LogP) is -0.200. The van der Waals surface area contributed by atoms with Gasteiger partial charge in [0.2, 0.25) is 10.0 Å². The minimum absolute atomic E-state index is 0.0314. The third-order valence-corrected chi connectivity index (χ3v) is 4.94. The lowest BCUT2D eigenvalue weighted by Crippen LogP contribution is -2.31. The maximum absolute atomic E-state index is 12.5. The number of hydrogen-bond acceptors (Lipinski definition) is 8. The Morgan fingerprint density at radius 2 is 1.90 bits per heavy atom. The van der Waals surface area contributed by atoms with Crippen LogP contribution in [0.4, 0.5) is 5.69 Å². The molecule has 9 nitrogen and oxygen atoms in total. The largest absolute Gasteiger partial charge is 0.376 e. The van der Waals surface area contributed by atoms with E-state index < -0.39 is 10.0 Å². The van der Waals surface area contributed by atoms with Crippen LogP contribution in [0.3, 0.4) is 0 Å². The normalized spacial score (nSPS) is 12.2. The van der Waals surface area contributed by atoms with Crippen molar-refractivity contribution in [2.45, 2.75) is 4.90 Å². The van der Waals surface area contributed by atoms with Crippen LogP contribution in [-0.4, -0.2) is 57.3 Å². The van der Waals surface area contributed by atoms with E-state index in [2.05, 4.69) is 15.2 Å². The summed E-state index contributed by atoms with van der Waals surface area (Å²) in [6.45, 7) is 0.215. The smallest absolute Gasteiger partial charge is 0.245 e. The third kappa shape index (κ3) is 2.83. The molecule has 10 heteroatoms. The van der Waals surface area contributed by atoms with E-state index in [4.69, 9.17) is 10.5 Å². The average molecular weight is 315 g/mol. The first-order valence-corrected chi connectivity index (χ1v) is 7.54. The number of nitrogens with two attached hydrogens (primary N) is 1. The van der Waals surface area contributed by atoms with Crippen molar-refractivity contribution in [1.82, 2.24) is 14.6 Å². The third-order valence-electron chi connectivity index (χ3n) is 3.05. The van der Waals surface area contributed by atoms with Crippen molar-refractivity contribution in [3.8, 4) is 0 Å². The highest BCUT2D eigenvalue weighted by Crippen LogP contribution is 2.29. The van der Waals surface area contributed by atoms with E-state index in [1.807, 2.05) is 14.1 Å². The van der Waals surface area contributed by atoms with Crippen LogP contribution in [0.25, 0.3) is 11.0 Å². The molecular weight excluding hydrogens is 298 g/mol. The molecule has 1 heterocycles. The van der Waals surface area contributed by atoms with Crippen molar-refractivity contribution in [3.05, 3.63) is 12.1 Å². The lowest BCUT2D eigenvalue weighted by molar-refractivity contribution is 0.129. The molecule has 0 amide bonds. The zero-order valence-corrected chi connectivity index (χ0v) is 12.8. The van der Waals surface area contributed by atoms with Crippen molar-refractivity contribution in [3.63, 3.8) is 0 Å². The molecule has 21 heavy (non-hydrogen) atoms. The molecule has 2 aromatic rings. The molecule has 0 unspecified atom stereocenters. The van der Waals surface area contributed by atoms with Gasteiger partial charge in [-0.1, -0.05) is 0 Å². The average Bonchev–Trinajstić information content (AvgIpc) is 2.92. The fourth-order valence-electron chi connectivity index (χ4n) is 1.87. The van der Waals surface area contributed by atoms with Crippen LogP contribution in [0.5, 0.6) is 0 Å². The van der Waals surface area contributed by atoms with Gasteiger partial charge in [0.15, 0.2) is 11.0 Å². The van der Waals surface area contributed by atoms with Crippen molar-refractivity contribution in [2.24, 2.45) is 5.90 Å². The quantitative estimate of drug-likeness (QED) is 0.729. The summed E-state index contributed by atoms with van der Waals surface area (Å²) >= 11 is 0. The Bertz CT molecular complexity index is 727. The number of hydrogen-bond donors (Lipinski definition) is 1. The summed E-state index contributed by atoms with van der Waals surface area (Å²) in [4.78, 5) is 6.24. The first kappa shape index (κ1) is 15.6. The SMILES string of the molecule is CN(C)c1ccc(S(=O)(=O)N(C)CCON)c2nonc12. The lowest BCUT2D eigenvalue weighted by atomic mass is 10.2. The van der Waals surface area contributed by atoms with Gasteiger partial charge in [-0.05, 0) is 22.4 Å². The van der Waals surface area contributed by atoms with Crippen LogP contribution >= 0.6 is 0 Å². The molecule has 0 aliphatic carbocycles. The van der Waals surface area contributed by atoms with E-state index in [9.17, 15) is 8.42 Å². The van der Waals surface area contributed by atoms with Crippen molar-refractivity contribution >= 4 is 26.7 Å². The van der Waals surface area contributed by atoms with Gasteiger partial charge in [0.25, 0.3) is 0 Å². The zero-order chi connectivity index (χ0) is 15.6. The Labute approximate surface area is 122 Å². The van der Waals surface area contributed by atoms with Gasteiger partial charge in [-0.25, -0.2) is 18.9 Å². The number of rotatable bonds is 6. The standard InChI is InChI=1S/C11H17N5O4S/c1-15(2)8-4-5-9(11-10(8)13-20-14-11)21(17,18)16(3)6-7-19-12/h4-5H,6-7,12H2,1-3H3. The lowest BCUT2D eigenvalue weighted by Gasteiger charge is -2.18. The molecule has 1 aromatic carbocycles. The Morgan fingerprint density at radius 1 is 1.24 bits per heavy atom. The number of sulfonamides is 1. The second kappa shape index (κ2) is 5.93. The first-order valence-electron chi connectivity index (χ1n) is 6.10. The molecule has 0 atom stereocenters. The molecule has 2 N–H and O–H groups in total. The summed E-state index contributed by atoms with van der Waals surface area (Å²) in [5.41, 5.74) is 1.31. The Kier molecular flexibility index (Phi) is 4.42. The Hall–Kier alpha value is -1.75. The van der Waals surface area contributed by atoms with E-state index in [-0.39, 0.29) is 23.6 Å². The van der Waals surface area contributed by atoms with E-state index in [1.54, 1.807) is 11.0 Å². The molecule has 0 spiro atoms. The van der Waals surface area contributed by atoms with Crippen LogP contribution in [0, 0.1) is 0 Å². The number of likely N-dealkylation sites (N-methyl/N-ethyl adjacent to an activating group) is 1. The molecular formula is C11H17N5O4S. The highest BCUT2D eigenvalue weighted by Gasteiger charge is 2.26. The van der Waals surface area contributed by atoms with Crippen LogP contribution in [-0.2, 0) is 14.9 Å². The van der Waals surface area contributed by atoms with Crippen LogP contribution < -0.4 is 10.8 Å². The van der Waals surface area contributed by atoms with Crippen molar-refractivity contribution < 1.29 is 17.9 Å². The molecule has 0 saturated heterocycles. The zero-order valence-electron chi connectivity index (χ0n) is 12.0. The topological polar surface area (TPSA) is 115 Å². The minimum Gasteiger partial charge on any atom is -0.376 e. The van der Waals surface area contributed by atoms with E-state index in [0.717, 1.165) is 9.99 Å². The highest BCUT2D eigenvalue weighted by atomic mass is 32.2. The summed E-state index contributed by atoms with van der Waals surface area (Å²) in [5.74, 6) is 4.92. The second-order valence-electron chi connectivity index (χ2n) is 4.64. The first-order chi connectivity index (χ1) is 9.89. The van der Waals surface area contributed by atoms with Gasteiger partial charge in [0.05, 0.1) is 12.3 Å². The highest BCUT2D eigenvalue weighted by molar-refractivity contribution is 7.89. The minimum atomic E-state index is -3.73. The fraction of sp³-hybridized carbons (Fsp3) is 0.455. The Morgan fingerprint density at radius 3 is 2.52 bits per heavy atom. The summed E-state index contributed by atoms with van der Waals surface area (Å²) in [5, 5.41) is 7.50. The number of benzene rings is 1. The van der Waals surface area contributed by atoms with Gasteiger partial charge in [-0.15, -0.1) is 0 Å². The fourth-order valence-corrected chi connectivity index (χ4v) is 3.14. The van der Waals surface area contributed by atoms with Crippen molar-refractivity contribution in [1.29, 1.82) is 0 Å². The number of nitrogens with zero attached hydrogens (tertiary/aromatic N) is 4. The molecule has 2 rings (SSSR count). The summed E-state index contributed by atoms with van der Waals surface area (Å²) < 4.78 is 30.9. The van der Waals surface area contributed by atoms with Gasteiger partial charge >= 0.3 is 0 Å². The maximum Gasteiger partial charge on any atom is 0.245 e. The number of aromatic nitrogens is 2. The summed E-state index contributed by atoms with van der Waals surface area (Å²) in [6, 6.07) is 3.14. The second-order valence-corrected chi connectivity index (χ2v) is 6.65. The molecule has 0 aliphatic rings. The predicted molar refractivity (Wildman–Crippen MR) is 76.1 cm³/mol. The maximum atomic E-state index is 12.5. The molecule has 0 saturated carbocycles. The van der Waals surface area contributed by atoms with Crippen LogP contribution in [0.15, 0.2) is 21.7 Å². The van der Waals surface area contributed by atoms with Crippen LogP contribution in [0.1, 0.15) is 0 Å². The molecule has 1 aromatic heterocycles. The van der Waals surface area contributed by atoms with Gasteiger partial charge in [-0.3, -0.25) is 0 Å². The van der Waals surface area contributed by atoms with E-state index in [1.165, 1.54) is 13.1 Å². The van der Waals surface area contributed by atoms with Crippen molar-refractivity contribution in [2.75, 3.05) is 39.2 Å². The summed E-state index contributed by atoms with van der Waals surface area (Å²) in [7, 11) is 1.35. The molecule has 116 valence electrons. The van der Waals surface area contributed by atoms with Gasteiger partial charge in [-0.2, -0.15) is 4.31 Å². The summed E-state index contributed by atoms with van der Waals surface area (Å²) in [6.07, 6.45) is 0. The van der Waals surface area contributed by atoms with Gasteiger partial charge in [0, 0.05) is 27.7 Å². The molecule has 0 radical (unpaired) electrons. The molecule has 0 aliphatic heterocycles. The number of fused-ring (bicyclic) bond motifs is 1. The van der Waals surface area contributed by atoms with Crippen LogP contribution in [0.2, 0.25) is 0 Å². The van der Waals surface area contributed by atoms with Gasteiger partial charge in [0.1, 0.15) is 4.90 Å². The Balaban J connectivity index is 2.52. The molecule has 0 fully saturated rings. The van der Waals surface area contributed by atoms with E-state index >= 15 is 0 Å². The van der Waals surface area contributed by atoms with Gasteiger partial charge < -0.3 is 9.74 Å². The van der Waals surface area contributed by atoms with E-state index in [0.29, 0.717) is 5.52 Å². The molecule has 0 bridgehead atoms. The number of anilines is 1.